The Labute approximate surface area is 131 Å². The second-order valence-corrected chi connectivity index (χ2v) is 6.69. The van der Waals surface area contributed by atoms with Gasteiger partial charge in [-0.05, 0) is 33.1 Å². The summed E-state index contributed by atoms with van der Waals surface area (Å²) in [7, 11) is 0. The van der Waals surface area contributed by atoms with Gasteiger partial charge in [-0.2, -0.15) is 0 Å². The van der Waals surface area contributed by atoms with E-state index in [2.05, 4.69) is 35.8 Å². The number of aromatic nitrogens is 1. The van der Waals surface area contributed by atoms with Crippen LogP contribution in [-0.4, -0.2) is 34.3 Å². The van der Waals surface area contributed by atoms with Gasteiger partial charge < -0.3 is 10.6 Å². The van der Waals surface area contributed by atoms with E-state index in [0.29, 0.717) is 31.1 Å². The van der Waals surface area contributed by atoms with Crippen molar-refractivity contribution in [2.75, 3.05) is 6.54 Å². The van der Waals surface area contributed by atoms with Gasteiger partial charge in [-0.3, -0.25) is 4.90 Å². The molecule has 2 rings (SSSR count). The Hall–Kier alpha value is -1.14. The molecular formula is C15H26N4OS. The molecule has 118 valence electrons. The van der Waals surface area contributed by atoms with Gasteiger partial charge in [0, 0.05) is 17.5 Å². The minimum Gasteiger partial charge on any atom is -0.388 e. The van der Waals surface area contributed by atoms with E-state index >= 15 is 0 Å². The molecule has 0 spiro atoms. The largest absolute Gasteiger partial charge is 0.388 e. The van der Waals surface area contributed by atoms with E-state index in [1.165, 1.54) is 19.3 Å². The number of likely N-dealkylation sites (tertiary alicyclic amines) is 1. The van der Waals surface area contributed by atoms with Gasteiger partial charge in [-0.15, -0.1) is 11.3 Å². The van der Waals surface area contributed by atoms with Gasteiger partial charge in [0.05, 0.1) is 17.2 Å². The number of hydrogen-bond donors (Lipinski definition) is 1. The molecule has 2 heterocycles. The molecule has 0 aromatic carbocycles. The van der Waals surface area contributed by atoms with Gasteiger partial charge in [-0.25, -0.2) is 4.98 Å². The van der Waals surface area contributed by atoms with Gasteiger partial charge in [0.2, 0.25) is 0 Å². The summed E-state index contributed by atoms with van der Waals surface area (Å²) in [5.41, 5.74) is 6.91. The normalized spacial score (nSPS) is 24.2. The number of thiazole rings is 1. The van der Waals surface area contributed by atoms with Crippen molar-refractivity contribution in [3.05, 3.63) is 16.1 Å². The Morgan fingerprint density at radius 3 is 2.81 bits per heavy atom. The number of nitrogens with zero attached hydrogens (tertiary/aromatic N) is 3. The summed E-state index contributed by atoms with van der Waals surface area (Å²) >= 11 is 1.66. The fraction of sp³-hybridized carbons (Fsp3) is 0.733. The highest BCUT2D eigenvalue weighted by Gasteiger charge is 2.25. The molecule has 2 N–H and O–H groups in total. The van der Waals surface area contributed by atoms with Crippen LogP contribution in [0.2, 0.25) is 0 Å². The quantitative estimate of drug-likeness (QED) is 0.498. The molecule has 1 fully saturated rings. The first-order valence-corrected chi connectivity index (χ1v) is 8.61. The van der Waals surface area contributed by atoms with Crippen LogP contribution >= 0.6 is 11.3 Å². The lowest BCUT2D eigenvalue weighted by molar-refractivity contribution is 0.110. The number of hydrogen-bond acceptors (Lipinski definition) is 5. The smallest absolute Gasteiger partial charge is 0.160 e. The zero-order valence-corrected chi connectivity index (χ0v) is 14.0. The number of amidine groups is 1. The van der Waals surface area contributed by atoms with Crippen molar-refractivity contribution < 1.29 is 4.84 Å². The highest BCUT2D eigenvalue weighted by Crippen LogP contribution is 2.21. The zero-order valence-electron chi connectivity index (χ0n) is 13.2. The third kappa shape index (κ3) is 4.68. The fourth-order valence-corrected chi connectivity index (χ4v) is 3.49. The van der Waals surface area contributed by atoms with Crippen LogP contribution in [0.3, 0.4) is 0 Å². The molecular weight excluding hydrogens is 284 g/mol. The van der Waals surface area contributed by atoms with E-state index in [-0.39, 0.29) is 0 Å². The highest BCUT2D eigenvalue weighted by molar-refractivity contribution is 7.09. The van der Waals surface area contributed by atoms with Crippen LogP contribution in [0.25, 0.3) is 0 Å². The van der Waals surface area contributed by atoms with Crippen molar-refractivity contribution >= 4 is 17.2 Å². The molecule has 1 saturated heterocycles. The Morgan fingerprint density at radius 1 is 1.48 bits per heavy atom. The molecule has 1 aromatic rings. The predicted octanol–water partition coefficient (Wildman–Crippen LogP) is 2.76. The number of aryl methyl sites for hydroxylation is 1. The van der Waals surface area contributed by atoms with Crippen molar-refractivity contribution in [3.8, 4) is 0 Å². The molecule has 0 bridgehead atoms. The van der Waals surface area contributed by atoms with Crippen LogP contribution in [-0.2, 0) is 17.9 Å². The van der Waals surface area contributed by atoms with Crippen molar-refractivity contribution in [3.63, 3.8) is 0 Å². The molecule has 6 heteroatoms. The van der Waals surface area contributed by atoms with Gasteiger partial charge in [0.15, 0.2) is 12.4 Å². The molecule has 2 atom stereocenters. The summed E-state index contributed by atoms with van der Waals surface area (Å²) in [6.07, 6.45) is 4.73. The Bertz CT molecular complexity index is 464. The minimum atomic E-state index is 0.391. The van der Waals surface area contributed by atoms with Crippen molar-refractivity contribution in [1.82, 2.24) is 9.88 Å². The first-order chi connectivity index (χ1) is 10.1. The molecule has 0 radical (unpaired) electrons. The van der Waals surface area contributed by atoms with E-state index in [9.17, 15) is 0 Å². The van der Waals surface area contributed by atoms with Gasteiger partial charge >= 0.3 is 0 Å². The van der Waals surface area contributed by atoms with E-state index in [1.54, 1.807) is 11.3 Å². The number of nitrogens with two attached hydrogens (primary N) is 1. The Morgan fingerprint density at radius 2 is 2.19 bits per heavy atom. The van der Waals surface area contributed by atoms with Crippen molar-refractivity contribution in [2.45, 2.75) is 65.1 Å². The lowest BCUT2D eigenvalue weighted by Gasteiger charge is -2.38. The molecule has 1 aromatic heterocycles. The molecule has 21 heavy (non-hydrogen) atoms. The average Bonchev–Trinajstić information content (AvgIpc) is 2.91. The van der Waals surface area contributed by atoms with E-state index in [0.717, 1.165) is 17.1 Å². The number of rotatable bonds is 6. The molecule has 0 unspecified atom stereocenters. The maximum atomic E-state index is 5.99. The monoisotopic (exact) mass is 310 g/mol. The summed E-state index contributed by atoms with van der Waals surface area (Å²) < 4.78 is 0. The SMILES string of the molecule is CCc1nc(CO/N=C(/N)CN2[C@@H](C)CCC[C@@H]2C)cs1. The van der Waals surface area contributed by atoms with E-state index < -0.39 is 0 Å². The van der Waals surface area contributed by atoms with Gasteiger partial charge in [0.1, 0.15) is 0 Å². The Kier molecular flexibility index (Phi) is 5.99. The highest BCUT2D eigenvalue weighted by atomic mass is 32.1. The topological polar surface area (TPSA) is 63.7 Å². The lowest BCUT2D eigenvalue weighted by Crippen LogP contribution is -2.47. The molecule has 0 amide bonds. The van der Waals surface area contributed by atoms with Crippen molar-refractivity contribution in [2.24, 2.45) is 10.9 Å². The van der Waals surface area contributed by atoms with Gasteiger partial charge in [0.25, 0.3) is 0 Å². The van der Waals surface area contributed by atoms with Crippen LogP contribution in [0.1, 0.15) is 50.7 Å². The van der Waals surface area contributed by atoms with E-state index in [1.807, 2.05) is 5.38 Å². The summed E-state index contributed by atoms with van der Waals surface area (Å²) in [5, 5.41) is 7.17. The van der Waals surface area contributed by atoms with Crippen molar-refractivity contribution in [1.29, 1.82) is 0 Å². The molecule has 1 aliphatic heterocycles. The van der Waals surface area contributed by atoms with Gasteiger partial charge in [-0.1, -0.05) is 18.5 Å². The third-order valence-corrected chi connectivity index (χ3v) is 5.06. The minimum absolute atomic E-state index is 0.391. The average molecular weight is 310 g/mol. The fourth-order valence-electron chi connectivity index (χ4n) is 2.76. The second-order valence-electron chi connectivity index (χ2n) is 5.74. The summed E-state index contributed by atoms with van der Waals surface area (Å²) in [5.74, 6) is 0.543. The summed E-state index contributed by atoms with van der Waals surface area (Å²) in [6.45, 7) is 7.68. The maximum absolute atomic E-state index is 5.99. The molecule has 1 aliphatic rings. The van der Waals surface area contributed by atoms with Crippen LogP contribution in [0, 0.1) is 0 Å². The summed E-state index contributed by atoms with van der Waals surface area (Å²) in [6, 6.07) is 1.13. The van der Waals surface area contributed by atoms with Crippen LogP contribution in [0.15, 0.2) is 10.5 Å². The third-order valence-electron chi connectivity index (χ3n) is 4.02. The molecule has 5 nitrogen and oxygen atoms in total. The maximum Gasteiger partial charge on any atom is 0.160 e. The lowest BCUT2D eigenvalue weighted by atomic mass is 9.97. The van der Waals surface area contributed by atoms with E-state index in [4.69, 9.17) is 10.6 Å². The van der Waals surface area contributed by atoms with Crippen LogP contribution in [0.4, 0.5) is 0 Å². The van der Waals surface area contributed by atoms with Crippen LogP contribution < -0.4 is 5.73 Å². The molecule has 0 saturated carbocycles. The number of piperidine rings is 1. The predicted molar refractivity (Wildman–Crippen MR) is 87.4 cm³/mol. The first kappa shape index (κ1) is 16.2. The number of oxime groups is 1. The Balaban J connectivity index is 1.80. The standard InChI is InChI=1S/C15H26N4OS/c1-4-15-17-13(10-21-15)9-20-18-14(16)8-19-11(2)6-5-7-12(19)3/h10-12H,4-9H2,1-3H3,(H2,16,18)/t11-,12-/m0/s1. The zero-order chi connectivity index (χ0) is 15.2. The molecule has 0 aliphatic carbocycles. The summed E-state index contributed by atoms with van der Waals surface area (Å²) in [4.78, 5) is 12.2. The van der Waals surface area contributed by atoms with Crippen LogP contribution in [0.5, 0.6) is 0 Å². The second kappa shape index (κ2) is 7.75. The first-order valence-electron chi connectivity index (χ1n) is 7.73.